The molecule has 0 fully saturated rings. The average molecular weight is 438 g/mol. The number of rotatable bonds is 15. The maximum Gasteiger partial charge on any atom is 0.407 e. The van der Waals surface area contributed by atoms with Gasteiger partial charge in [0.05, 0.1) is 0 Å². The van der Waals surface area contributed by atoms with Crippen molar-refractivity contribution in [1.29, 1.82) is 0 Å². The number of carbonyl (C=O) groups excluding carboxylic acids is 1. The number of hydrogen-bond donors (Lipinski definition) is 3. The zero-order valence-corrected chi connectivity index (χ0v) is 19.2. The van der Waals surface area contributed by atoms with Crippen LogP contribution < -0.4 is 10.6 Å². The molecule has 3 N–H and O–H groups in total. The van der Waals surface area contributed by atoms with Crippen molar-refractivity contribution in [3.8, 4) is 0 Å². The van der Waals surface area contributed by atoms with Crippen molar-refractivity contribution in [2.75, 3.05) is 39.4 Å². The molecule has 1 rings (SSSR count). The maximum absolute atomic E-state index is 11.5. The van der Waals surface area contributed by atoms with Crippen LogP contribution in [0, 0.1) is 0 Å². The minimum Gasteiger partial charge on any atom is -0.465 e. The van der Waals surface area contributed by atoms with Crippen molar-refractivity contribution < 1.29 is 24.2 Å². The smallest absolute Gasteiger partial charge is 0.407 e. The van der Waals surface area contributed by atoms with Gasteiger partial charge in [-0.05, 0) is 58.6 Å². The van der Waals surface area contributed by atoms with Crippen molar-refractivity contribution in [2.24, 2.45) is 0 Å². The van der Waals surface area contributed by atoms with Gasteiger partial charge in [-0.3, -0.25) is 4.90 Å². The molecule has 0 saturated carbocycles. The first kappa shape index (κ1) is 26.7. The van der Waals surface area contributed by atoms with Crippen LogP contribution in [0.5, 0.6) is 0 Å². The lowest BCUT2D eigenvalue weighted by Gasteiger charge is -2.22. The number of carboxylic acid groups (broad SMARTS) is 1. The Morgan fingerprint density at radius 2 is 1.58 bits per heavy atom. The van der Waals surface area contributed by atoms with Gasteiger partial charge in [0.2, 0.25) is 0 Å². The van der Waals surface area contributed by atoms with Crippen LogP contribution in [-0.2, 0) is 16.0 Å². The van der Waals surface area contributed by atoms with E-state index >= 15 is 0 Å². The monoisotopic (exact) mass is 437 g/mol. The van der Waals surface area contributed by atoms with Gasteiger partial charge in [0.25, 0.3) is 0 Å². The molecule has 8 heteroatoms. The Morgan fingerprint density at radius 1 is 0.935 bits per heavy atom. The molecular formula is C23H39N3O5. The van der Waals surface area contributed by atoms with Gasteiger partial charge >= 0.3 is 12.2 Å². The number of nitrogens with zero attached hydrogens (tertiary/aromatic N) is 1. The fourth-order valence-corrected chi connectivity index (χ4v) is 2.93. The van der Waals surface area contributed by atoms with E-state index in [0.29, 0.717) is 26.3 Å². The van der Waals surface area contributed by atoms with E-state index < -0.39 is 17.8 Å². The lowest BCUT2D eigenvalue weighted by molar-refractivity contribution is 0.0519. The molecular weight excluding hydrogens is 398 g/mol. The highest BCUT2D eigenvalue weighted by atomic mass is 16.6. The Morgan fingerprint density at radius 3 is 2.26 bits per heavy atom. The molecule has 8 nitrogen and oxygen atoms in total. The molecule has 0 unspecified atom stereocenters. The van der Waals surface area contributed by atoms with Gasteiger partial charge in [-0.1, -0.05) is 30.3 Å². The SMILES string of the molecule is CC(C)(C)OC(=O)NCCCOCCCCN(CCCNC(=O)O)Cc1ccccc1. The number of benzene rings is 1. The average Bonchev–Trinajstić information content (AvgIpc) is 2.69. The third-order valence-corrected chi connectivity index (χ3v) is 4.32. The number of hydrogen-bond acceptors (Lipinski definition) is 5. The summed E-state index contributed by atoms with van der Waals surface area (Å²) in [7, 11) is 0. The molecule has 0 aliphatic rings. The van der Waals surface area contributed by atoms with E-state index in [9.17, 15) is 9.59 Å². The maximum atomic E-state index is 11.5. The van der Waals surface area contributed by atoms with Crippen LogP contribution in [0.4, 0.5) is 9.59 Å². The summed E-state index contributed by atoms with van der Waals surface area (Å²) in [5, 5.41) is 13.8. The first-order valence-electron chi connectivity index (χ1n) is 11.0. The molecule has 2 amide bonds. The molecule has 0 radical (unpaired) electrons. The van der Waals surface area contributed by atoms with Gasteiger partial charge in [-0.25, -0.2) is 9.59 Å². The number of ether oxygens (including phenoxy) is 2. The normalized spacial score (nSPS) is 11.4. The van der Waals surface area contributed by atoms with E-state index in [0.717, 1.165) is 45.3 Å². The Kier molecular flexibility index (Phi) is 13.3. The van der Waals surface area contributed by atoms with Gasteiger partial charge < -0.3 is 25.2 Å². The van der Waals surface area contributed by atoms with Crippen LogP contribution in [0.1, 0.15) is 52.0 Å². The second-order valence-corrected chi connectivity index (χ2v) is 8.45. The van der Waals surface area contributed by atoms with E-state index in [-0.39, 0.29) is 0 Å². The van der Waals surface area contributed by atoms with Gasteiger partial charge in [0.15, 0.2) is 0 Å². The van der Waals surface area contributed by atoms with Crippen LogP contribution in [0.25, 0.3) is 0 Å². The van der Waals surface area contributed by atoms with E-state index in [2.05, 4.69) is 27.7 Å². The summed E-state index contributed by atoms with van der Waals surface area (Å²) in [5.41, 5.74) is 0.768. The number of unbranched alkanes of at least 4 members (excludes halogenated alkanes) is 1. The summed E-state index contributed by atoms with van der Waals surface area (Å²) >= 11 is 0. The van der Waals surface area contributed by atoms with Crippen LogP contribution in [0.2, 0.25) is 0 Å². The molecule has 1 aromatic carbocycles. The molecule has 0 aromatic heterocycles. The van der Waals surface area contributed by atoms with Crippen molar-refractivity contribution in [3.05, 3.63) is 35.9 Å². The summed E-state index contributed by atoms with van der Waals surface area (Å²) in [6.07, 6.45) is 2.11. The largest absolute Gasteiger partial charge is 0.465 e. The predicted molar refractivity (Wildman–Crippen MR) is 121 cm³/mol. The first-order chi connectivity index (χ1) is 14.8. The molecule has 0 spiro atoms. The highest BCUT2D eigenvalue weighted by molar-refractivity contribution is 5.67. The fraction of sp³-hybridized carbons (Fsp3) is 0.652. The minimum atomic E-state index is -0.979. The number of amides is 2. The molecule has 176 valence electrons. The summed E-state index contributed by atoms with van der Waals surface area (Å²) in [6.45, 7) is 10.4. The second-order valence-electron chi connectivity index (χ2n) is 8.45. The third-order valence-electron chi connectivity index (χ3n) is 4.32. The van der Waals surface area contributed by atoms with Gasteiger partial charge in [-0.15, -0.1) is 0 Å². The molecule has 0 saturated heterocycles. The van der Waals surface area contributed by atoms with Crippen molar-refractivity contribution in [2.45, 2.75) is 58.6 Å². The molecule has 0 bridgehead atoms. The number of carbonyl (C=O) groups is 2. The topological polar surface area (TPSA) is 100 Å². The molecule has 1 aromatic rings. The molecule has 0 aliphatic heterocycles. The standard InChI is InChI=1S/C23H39N3O5/c1-23(2,3)31-22(29)25-14-10-18-30-17-8-7-15-26(16-9-13-24-21(27)28)19-20-11-5-4-6-12-20/h4-6,11-12,24H,7-10,13-19H2,1-3H3,(H,25,29)(H,27,28). The Bertz CT molecular complexity index is 619. The predicted octanol–water partition coefficient (Wildman–Crippen LogP) is 3.86. The van der Waals surface area contributed by atoms with Crippen LogP contribution in [0.15, 0.2) is 30.3 Å². The molecule has 0 atom stereocenters. The zero-order chi connectivity index (χ0) is 23.0. The summed E-state index contributed by atoms with van der Waals surface area (Å²) < 4.78 is 10.8. The van der Waals surface area contributed by atoms with E-state index in [1.165, 1.54) is 5.56 Å². The Hall–Kier alpha value is -2.32. The minimum absolute atomic E-state index is 0.399. The highest BCUT2D eigenvalue weighted by Gasteiger charge is 2.15. The number of nitrogens with one attached hydrogen (secondary N) is 2. The van der Waals surface area contributed by atoms with E-state index in [4.69, 9.17) is 14.6 Å². The molecule has 0 aliphatic carbocycles. The van der Waals surface area contributed by atoms with Crippen molar-refractivity contribution >= 4 is 12.2 Å². The Balaban J connectivity index is 2.15. The molecule has 0 heterocycles. The zero-order valence-electron chi connectivity index (χ0n) is 19.2. The fourth-order valence-electron chi connectivity index (χ4n) is 2.93. The highest BCUT2D eigenvalue weighted by Crippen LogP contribution is 2.07. The van der Waals surface area contributed by atoms with Crippen LogP contribution in [0.3, 0.4) is 0 Å². The summed E-state index contributed by atoms with van der Waals surface area (Å²) in [5.74, 6) is 0. The van der Waals surface area contributed by atoms with Gasteiger partial charge in [-0.2, -0.15) is 0 Å². The lowest BCUT2D eigenvalue weighted by Crippen LogP contribution is -2.33. The van der Waals surface area contributed by atoms with E-state index in [1.54, 1.807) is 0 Å². The van der Waals surface area contributed by atoms with Crippen molar-refractivity contribution in [3.63, 3.8) is 0 Å². The second kappa shape index (κ2) is 15.5. The number of alkyl carbamates (subject to hydrolysis) is 1. The van der Waals surface area contributed by atoms with Gasteiger partial charge in [0, 0.05) is 39.4 Å². The van der Waals surface area contributed by atoms with Gasteiger partial charge in [0.1, 0.15) is 5.60 Å². The first-order valence-corrected chi connectivity index (χ1v) is 11.0. The lowest BCUT2D eigenvalue weighted by atomic mass is 10.2. The van der Waals surface area contributed by atoms with Crippen LogP contribution >= 0.6 is 0 Å². The third kappa shape index (κ3) is 16.1. The Labute approximate surface area is 186 Å². The van der Waals surface area contributed by atoms with E-state index in [1.807, 2.05) is 39.0 Å². The summed E-state index contributed by atoms with van der Waals surface area (Å²) in [6, 6.07) is 10.3. The summed E-state index contributed by atoms with van der Waals surface area (Å²) in [4.78, 5) is 24.5. The molecule has 31 heavy (non-hydrogen) atoms. The van der Waals surface area contributed by atoms with Crippen molar-refractivity contribution in [1.82, 2.24) is 15.5 Å². The quantitative estimate of drug-likeness (QED) is 0.360. The van der Waals surface area contributed by atoms with Crippen LogP contribution in [-0.4, -0.2) is 67.2 Å².